The summed E-state index contributed by atoms with van der Waals surface area (Å²) in [5, 5.41) is 4.47. The summed E-state index contributed by atoms with van der Waals surface area (Å²) < 4.78 is 2.89. The van der Waals surface area contributed by atoms with Crippen molar-refractivity contribution in [3.63, 3.8) is 0 Å². The van der Waals surface area contributed by atoms with E-state index in [1.165, 1.54) is 0 Å². The van der Waals surface area contributed by atoms with Crippen molar-refractivity contribution in [3.8, 4) is 0 Å². The van der Waals surface area contributed by atoms with Gasteiger partial charge in [-0.2, -0.15) is 5.10 Å². The molecule has 0 aromatic carbocycles. The first-order valence-corrected chi connectivity index (χ1v) is 8.68. The molecule has 0 unspecified atom stereocenters. The standard InChI is InChI=1S/C16H26BrN3O/c1-4-20-13(15(17)12(3)19-20)9-14(21)16(10-18)7-5-11(2)6-8-16/h11H,4-10,18H2,1-3H3. The summed E-state index contributed by atoms with van der Waals surface area (Å²) in [6.07, 6.45) is 4.51. The number of rotatable bonds is 5. The van der Waals surface area contributed by atoms with Gasteiger partial charge in [-0.05, 0) is 61.4 Å². The smallest absolute Gasteiger partial charge is 0.146 e. The third-order valence-corrected chi connectivity index (χ3v) is 6.03. The topological polar surface area (TPSA) is 60.9 Å². The van der Waals surface area contributed by atoms with E-state index < -0.39 is 0 Å². The molecular formula is C16H26BrN3O. The maximum absolute atomic E-state index is 12.9. The van der Waals surface area contributed by atoms with Gasteiger partial charge in [0.1, 0.15) is 5.78 Å². The van der Waals surface area contributed by atoms with Gasteiger partial charge in [0.2, 0.25) is 0 Å². The molecule has 1 aliphatic carbocycles. The van der Waals surface area contributed by atoms with Crippen LogP contribution in [0.3, 0.4) is 0 Å². The Labute approximate surface area is 135 Å². The first-order valence-electron chi connectivity index (χ1n) is 7.88. The lowest BCUT2D eigenvalue weighted by Gasteiger charge is -2.37. The lowest BCUT2D eigenvalue weighted by atomic mass is 9.67. The molecule has 2 rings (SSSR count). The molecule has 1 aromatic rings. The van der Waals surface area contributed by atoms with E-state index in [1.54, 1.807) is 0 Å². The van der Waals surface area contributed by atoms with E-state index in [9.17, 15) is 4.79 Å². The number of carbonyl (C=O) groups is 1. The summed E-state index contributed by atoms with van der Waals surface area (Å²) in [5.41, 5.74) is 7.62. The molecule has 1 aromatic heterocycles. The van der Waals surface area contributed by atoms with Crippen LogP contribution in [0.4, 0.5) is 0 Å². The Kier molecular flexibility index (Phi) is 5.25. The fourth-order valence-corrected chi connectivity index (χ4v) is 3.71. The Bertz CT molecular complexity index is 516. The normalized spacial score (nSPS) is 26.0. The van der Waals surface area contributed by atoms with Gasteiger partial charge in [0.25, 0.3) is 0 Å². The quantitative estimate of drug-likeness (QED) is 0.881. The number of aromatic nitrogens is 2. The molecule has 1 aliphatic rings. The minimum Gasteiger partial charge on any atom is -0.329 e. The molecule has 0 bridgehead atoms. The zero-order valence-corrected chi connectivity index (χ0v) is 14.9. The number of ketones is 1. The zero-order chi connectivity index (χ0) is 15.6. The number of nitrogens with zero attached hydrogens (tertiary/aromatic N) is 2. The maximum atomic E-state index is 12.9. The van der Waals surface area contributed by atoms with Crippen LogP contribution < -0.4 is 5.73 Å². The average molecular weight is 356 g/mol. The highest BCUT2D eigenvalue weighted by Crippen LogP contribution is 2.40. The van der Waals surface area contributed by atoms with E-state index in [4.69, 9.17) is 5.73 Å². The first-order chi connectivity index (χ1) is 9.93. The van der Waals surface area contributed by atoms with Crippen LogP contribution in [0.5, 0.6) is 0 Å². The van der Waals surface area contributed by atoms with E-state index in [1.807, 2.05) is 18.5 Å². The Balaban J connectivity index is 2.20. The summed E-state index contributed by atoms with van der Waals surface area (Å²) in [6.45, 7) is 7.52. The van der Waals surface area contributed by atoms with Gasteiger partial charge >= 0.3 is 0 Å². The molecule has 21 heavy (non-hydrogen) atoms. The molecule has 1 heterocycles. The summed E-state index contributed by atoms with van der Waals surface area (Å²) in [6, 6.07) is 0. The average Bonchev–Trinajstić information content (AvgIpc) is 2.76. The van der Waals surface area contributed by atoms with Gasteiger partial charge < -0.3 is 5.73 Å². The summed E-state index contributed by atoms with van der Waals surface area (Å²) in [5.74, 6) is 1.000. The van der Waals surface area contributed by atoms with Gasteiger partial charge in [-0.3, -0.25) is 9.48 Å². The van der Waals surface area contributed by atoms with Crippen molar-refractivity contribution in [1.82, 2.24) is 9.78 Å². The molecular weight excluding hydrogens is 330 g/mol. The number of aryl methyl sites for hydroxylation is 2. The predicted octanol–water partition coefficient (Wildman–Crippen LogP) is 3.24. The molecule has 0 amide bonds. The van der Waals surface area contributed by atoms with E-state index in [0.29, 0.717) is 18.9 Å². The third-order valence-electron chi connectivity index (χ3n) is 4.99. The Morgan fingerprint density at radius 3 is 2.62 bits per heavy atom. The lowest BCUT2D eigenvalue weighted by molar-refractivity contribution is -0.130. The third kappa shape index (κ3) is 3.24. The van der Waals surface area contributed by atoms with Crippen LogP contribution >= 0.6 is 15.9 Å². The van der Waals surface area contributed by atoms with E-state index in [0.717, 1.165) is 48.1 Å². The molecule has 2 N–H and O–H groups in total. The van der Waals surface area contributed by atoms with Crippen molar-refractivity contribution in [2.45, 2.75) is 59.4 Å². The highest BCUT2D eigenvalue weighted by Gasteiger charge is 2.39. The molecule has 0 saturated heterocycles. The monoisotopic (exact) mass is 355 g/mol. The molecule has 5 heteroatoms. The van der Waals surface area contributed by atoms with Crippen molar-refractivity contribution in [2.75, 3.05) is 6.54 Å². The largest absolute Gasteiger partial charge is 0.329 e. The van der Waals surface area contributed by atoms with E-state index >= 15 is 0 Å². The van der Waals surface area contributed by atoms with E-state index in [2.05, 4.69) is 28.0 Å². The Morgan fingerprint density at radius 2 is 2.10 bits per heavy atom. The summed E-state index contributed by atoms with van der Waals surface area (Å²) >= 11 is 3.58. The lowest BCUT2D eigenvalue weighted by Crippen LogP contribution is -2.42. The molecule has 0 radical (unpaired) electrons. The van der Waals surface area contributed by atoms with Gasteiger partial charge in [-0.1, -0.05) is 6.92 Å². The molecule has 0 aliphatic heterocycles. The molecule has 0 spiro atoms. The summed E-state index contributed by atoms with van der Waals surface area (Å²) in [7, 11) is 0. The van der Waals surface area contributed by atoms with Gasteiger partial charge in [0.05, 0.1) is 22.3 Å². The van der Waals surface area contributed by atoms with Crippen LogP contribution in [0.15, 0.2) is 4.47 Å². The maximum Gasteiger partial charge on any atom is 0.146 e. The number of Topliss-reactive ketones (excluding diaryl/α,β-unsaturated/α-hetero) is 1. The fourth-order valence-electron chi connectivity index (χ4n) is 3.29. The number of nitrogens with two attached hydrogens (primary N) is 1. The minimum atomic E-state index is -0.317. The molecule has 118 valence electrons. The number of hydrogen-bond donors (Lipinski definition) is 1. The zero-order valence-electron chi connectivity index (χ0n) is 13.3. The molecule has 0 atom stereocenters. The second kappa shape index (κ2) is 6.61. The number of carbonyl (C=O) groups excluding carboxylic acids is 1. The van der Waals surface area contributed by atoms with Gasteiger partial charge in [0.15, 0.2) is 0 Å². The minimum absolute atomic E-state index is 0.284. The Hall–Kier alpha value is -0.680. The highest BCUT2D eigenvalue weighted by atomic mass is 79.9. The Morgan fingerprint density at radius 1 is 1.48 bits per heavy atom. The molecule has 1 fully saturated rings. The van der Waals surface area contributed by atoms with Crippen LogP contribution in [0, 0.1) is 18.3 Å². The van der Waals surface area contributed by atoms with Crippen molar-refractivity contribution < 1.29 is 4.79 Å². The van der Waals surface area contributed by atoms with Crippen LogP contribution in [-0.4, -0.2) is 22.1 Å². The van der Waals surface area contributed by atoms with Crippen LogP contribution in [0.1, 0.15) is 50.9 Å². The van der Waals surface area contributed by atoms with Crippen LogP contribution in [-0.2, 0) is 17.8 Å². The van der Waals surface area contributed by atoms with Crippen LogP contribution in [0.25, 0.3) is 0 Å². The second-order valence-electron chi connectivity index (χ2n) is 6.43. The number of hydrogen-bond acceptors (Lipinski definition) is 3. The first kappa shape index (κ1) is 16.7. The fraction of sp³-hybridized carbons (Fsp3) is 0.750. The van der Waals surface area contributed by atoms with Gasteiger partial charge in [0, 0.05) is 18.5 Å². The second-order valence-corrected chi connectivity index (χ2v) is 7.22. The SMILES string of the molecule is CCn1nc(C)c(Br)c1CC(=O)C1(CN)CCC(C)CC1. The highest BCUT2D eigenvalue weighted by molar-refractivity contribution is 9.10. The molecule has 1 saturated carbocycles. The van der Waals surface area contributed by atoms with Crippen molar-refractivity contribution >= 4 is 21.7 Å². The summed E-state index contributed by atoms with van der Waals surface area (Å²) in [4.78, 5) is 12.9. The van der Waals surface area contributed by atoms with Crippen molar-refractivity contribution in [1.29, 1.82) is 0 Å². The van der Waals surface area contributed by atoms with Crippen LogP contribution in [0.2, 0.25) is 0 Å². The van der Waals surface area contributed by atoms with Crippen molar-refractivity contribution in [2.24, 2.45) is 17.1 Å². The van der Waals surface area contributed by atoms with Gasteiger partial charge in [-0.25, -0.2) is 0 Å². The van der Waals surface area contributed by atoms with E-state index in [-0.39, 0.29) is 11.2 Å². The predicted molar refractivity (Wildman–Crippen MR) is 88.2 cm³/mol. The van der Waals surface area contributed by atoms with Gasteiger partial charge in [-0.15, -0.1) is 0 Å². The van der Waals surface area contributed by atoms with Crippen molar-refractivity contribution in [3.05, 3.63) is 15.9 Å². The molecule has 4 nitrogen and oxygen atoms in total. The number of halogens is 1.